The molecule has 2 aliphatic heterocycles. The number of benzene rings is 1. The van der Waals surface area contributed by atoms with Gasteiger partial charge in [0.1, 0.15) is 6.54 Å². The van der Waals surface area contributed by atoms with Gasteiger partial charge < -0.3 is 14.4 Å². The van der Waals surface area contributed by atoms with Crippen molar-refractivity contribution in [2.75, 3.05) is 37.7 Å². The zero-order valence-electron chi connectivity index (χ0n) is 16.3. The minimum atomic E-state index is -0.593. The topological polar surface area (TPSA) is 76.2 Å². The van der Waals surface area contributed by atoms with E-state index in [-0.39, 0.29) is 12.6 Å². The Labute approximate surface area is 168 Å². The van der Waals surface area contributed by atoms with E-state index >= 15 is 0 Å². The molecule has 150 valence electrons. The van der Waals surface area contributed by atoms with Crippen molar-refractivity contribution in [3.63, 3.8) is 0 Å². The lowest BCUT2D eigenvalue weighted by molar-refractivity contribution is -0.149. The molecule has 8 heteroatoms. The number of nitrogens with zero attached hydrogens (tertiary/aromatic N) is 2. The van der Waals surface area contributed by atoms with Crippen molar-refractivity contribution in [3.8, 4) is 0 Å². The van der Waals surface area contributed by atoms with Gasteiger partial charge in [0.25, 0.3) is 11.1 Å². The van der Waals surface area contributed by atoms with Crippen LogP contribution < -0.4 is 4.90 Å². The third-order valence-corrected chi connectivity index (χ3v) is 5.35. The average molecular weight is 404 g/mol. The van der Waals surface area contributed by atoms with Gasteiger partial charge in [-0.3, -0.25) is 19.3 Å². The van der Waals surface area contributed by atoms with Crippen molar-refractivity contribution < 1.29 is 23.9 Å². The molecule has 0 aromatic heterocycles. The van der Waals surface area contributed by atoms with Crippen LogP contribution in [0.4, 0.5) is 10.5 Å². The molecular weight excluding hydrogens is 380 g/mol. The van der Waals surface area contributed by atoms with Crippen molar-refractivity contribution in [2.45, 2.75) is 26.9 Å². The number of esters is 1. The molecule has 2 fully saturated rings. The number of rotatable bonds is 5. The molecule has 2 aliphatic rings. The second-order valence-corrected chi connectivity index (χ2v) is 7.94. The number of ether oxygens (including phenoxy) is 2. The molecule has 2 amide bonds. The van der Waals surface area contributed by atoms with Gasteiger partial charge in [0.05, 0.1) is 24.2 Å². The fourth-order valence-corrected chi connectivity index (χ4v) is 3.88. The van der Waals surface area contributed by atoms with Crippen LogP contribution in [0.1, 0.15) is 25.0 Å². The maximum atomic E-state index is 12.6. The minimum absolute atomic E-state index is 0.296. The van der Waals surface area contributed by atoms with Gasteiger partial charge in [-0.1, -0.05) is 6.07 Å². The van der Waals surface area contributed by atoms with Crippen LogP contribution in [-0.4, -0.2) is 61.0 Å². The van der Waals surface area contributed by atoms with Gasteiger partial charge in [0.15, 0.2) is 0 Å². The lowest BCUT2D eigenvalue weighted by atomic mass is 10.1. The van der Waals surface area contributed by atoms with E-state index in [4.69, 9.17) is 9.47 Å². The number of anilines is 1. The lowest BCUT2D eigenvalue weighted by Gasteiger charge is -2.29. The van der Waals surface area contributed by atoms with E-state index < -0.39 is 17.1 Å². The van der Waals surface area contributed by atoms with E-state index in [0.29, 0.717) is 18.1 Å². The van der Waals surface area contributed by atoms with Crippen LogP contribution in [0.2, 0.25) is 0 Å². The summed E-state index contributed by atoms with van der Waals surface area (Å²) in [4.78, 5) is 40.0. The second-order valence-electron chi connectivity index (χ2n) is 6.95. The van der Waals surface area contributed by atoms with Crippen molar-refractivity contribution in [3.05, 3.63) is 34.2 Å². The summed E-state index contributed by atoms with van der Waals surface area (Å²) in [6.07, 6.45) is 1.41. The number of imide groups is 1. The highest BCUT2D eigenvalue weighted by Crippen LogP contribution is 2.33. The SMILES string of the molecule is Cc1cc(N2CCOCC2)ccc1/C=C1/SC(=O)N(CC(=O)OC(C)C)C1=O. The Morgan fingerprint density at radius 2 is 2.00 bits per heavy atom. The molecule has 2 saturated heterocycles. The first-order valence-corrected chi connectivity index (χ1v) is 10.0. The number of hydrogen-bond donors (Lipinski definition) is 0. The number of amides is 2. The van der Waals surface area contributed by atoms with Crippen molar-refractivity contribution >= 4 is 40.6 Å². The summed E-state index contributed by atoms with van der Waals surface area (Å²) < 4.78 is 10.4. The number of aryl methyl sites for hydroxylation is 1. The Morgan fingerprint density at radius 1 is 1.29 bits per heavy atom. The van der Waals surface area contributed by atoms with E-state index in [1.165, 1.54) is 0 Å². The molecule has 28 heavy (non-hydrogen) atoms. The summed E-state index contributed by atoms with van der Waals surface area (Å²) in [5.41, 5.74) is 2.99. The lowest BCUT2D eigenvalue weighted by Crippen LogP contribution is -2.36. The van der Waals surface area contributed by atoms with Gasteiger partial charge in [0.2, 0.25) is 0 Å². The van der Waals surface area contributed by atoms with Crippen LogP contribution in [-0.2, 0) is 19.1 Å². The van der Waals surface area contributed by atoms with Crippen LogP contribution in [0.15, 0.2) is 23.1 Å². The van der Waals surface area contributed by atoms with Gasteiger partial charge in [-0.25, -0.2) is 0 Å². The Morgan fingerprint density at radius 3 is 2.64 bits per heavy atom. The van der Waals surface area contributed by atoms with E-state index in [1.54, 1.807) is 19.9 Å². The molecule has 7 nitrogen and oxygen atoms in total. The summed E-state index contributed by atoms with van der Waals surface area (Å²) in [7, 11) is 0. The average Bonchev–Trinajstić information content (AvgIpc) is 2.91. The molecule has 0 N–H and O–H groups in total. The zero-order chi connectivity index (χ0) is 20.3. The summed E-state index contributed by atoms with van der Waals surface area (Å²) >= 11 is 0.842. The third-order valence-electron chi connectivity index (χ3n) is 4.44. The quantitative estimate of drug-likeness (QED) is 0.552. The molecular formula is C20H24N2O5S. The zero-order valence-corrected chi connectivity index (χ0v) is 17.1. The number of hydrogen-bond acceptors (Lipinski definition) is 7. The normalized spacial score (nSPS) is 19.1. The van der Waals surface area contributed by atoms with Crippen LogP contribution in [0.3, 0.4) is 0 Å². The fourth-order valence-electron chi connectivity index (χ4n) is 3.05. The Balaban J connectivity index is 1.73. The standard InChI is InChI=1S/C20H24N2O5S/c1-13(2)27-18(23)12-22-19(24)17(28-20(22)25)11-15-4-5-16(10-14(15)3)21-6-8-26-9-7-21/h4-5,10-11,13H,6-9,12H2,1-3H3/b17-11+. The minimum Gasteiger partial charge on any atom is -0.462 e. The van der Waals surface area contributed by atoms with E-state index in [1.807, 2.05) is 19.1 Å². The predicted octanol–water partition coefficient (Wildman–Crippen LogP) is 2.82. The highest BCUT2D eigenvalue weighted by Gasteiger charge is 2.36. The van der Waals surface area contributed by atoms with Gasteiger partial charge in [-0.15, -0.1) is 0 Å². The predicted molar refractivity (Wildman–Crippen MR) is 108 cm³/mol. The molecule has 2 heterocycles. The molecule has 1 aromatic carbocycles. The Hall–Kier alpha value is -2.32. The van der Waals surface area contributed by atoms with Crippen LogP contribution in [0.5, 0.6) is 0 Å². The van der Waals surface area contributed by atoms with E-state index in [2.05, 4.69) is 11.0 Å². The highest BCUT2D eigenvalue weighted by atomic mass is 32.2. The number of thioether (sulfide) groups is 1. The first-order chi connectivity index (χ1) is 13.3. The largest absolute Gasteiger partial charge is 0.462 e. The highest BCUT2D eigenvalue weighted by molar-refractivity contribution is 8.18. The smallest absolute Gasteiger partial charge is 0.326 e. The van der Waals surface area contributed by atoms with Gasteiger partial charge >= 0.3 is 5.97 Å². The summed E-state index contributed by atoms with van der Waals surface area (Å²) in [5.74, 6) is -1.06. The second kappa shape index (κ2) is 8.79. The molecule has 0 aliphatic carbocycles. The molecule has 0 spiro atoms. The molecule has 0 saturated carbocycles. The van der Waals surface area contributed by atoms with Crippen LogP contribution >= 0.6 is 11.8 Å². The fraction of sp³-hybridized carbons (Fsp3) is 0.450. The van der Waals surface area contributed by atoms with Gasteiger partial charge in [0, 0.05) is 18.8 Å². The van der Waals surface area contributed by atoms with Crippen molar-refractivity contribution in [1.82, 2.24) is 4.90 Å². The van der Waals surface area contributed by atoms with Gasteiger partial charge in [-0.05, 0) is 61.9 Å². The summed E-state index contributed by atoms with van der Waals surface area (Å²) in [5, 5.41) is -0.459. The summed E-state index contributed by atoms with van der Waals surface area (Å²) in [6, 6.07) is 6.02. The maximum absolute atomic E-state index is 12.6. The molecule has 0 bridgehead atoms. The van der Waals surface area contributed by atoms with Crippen molar-refractivity contribution in [1.29, 1.82) is 0 Å². The van der Waals surface area contributed by atoms with E-state index in [9.17, 15) is 14.4 Å². The number of carbonyl (C=O) groups is 3. The van der Waals surface area contributed by atoms with Crippen LogP contribution in [0.25, 0.3) is 6.08 Å². The number of morpholine rings is 1. The first-order valence-electron chi connectivity index (χ1n) is 9.23. The first kappa shape index (κ1) is 20.4. The molecule has 3 rings (SSSR count). The molecule has 0 atom stereocenters. The monoisotopic (exact) mass is 404 g/mol. The summed E-state index contributed by atoms with van der Waals surface area (Å²) in [6.45, 7) is 8.17. The maximum Gasteiger partial charge on any atom is 0.326 e. The van der Waals surface area contributed by atoms with Crippen molar-refractivity contribution in [2.24, 2.45) is 0 Å². The third kappa shape index (κ3) is 4.74. The van der Waals surface area contributed by atoms with E-state index in [0.717, 1.165) is 46.6 Å². The van der Waals surface area contributed by atoms with Crippen LogP contribution in [0, 0.1) is 6.92 Å². The Bertz CT molecular complexity index is 815. The molecule has 0 radical (unpaired) electrons. The Kier molecular flexibility index (Phi) is 6.41. The molecule has 0 unspecified atom stereocenters. The van der Waals surface area contributed by atoms with Gasteiger partial charge in [-0.2, -0.15) is 0 Å². The molecule has 1 aromatic rings. The number of carbonyl (C=O) groups excluding carboxylic acids is 3.